The highest BCUT2D eigenvalue weighted by Gasteiger charge is 2.16. The highest BCUT2D eigenvalue weighted by Crippen LogP contribution is 2.32. The van der Waals surface area contributed by atoms with Crippen LogP contribution in [0.25, 0.3) is 22.1 Å². The predicted octanol–water partition coefficient (Wildman–Crippen LogP) is 4.43. The monoisotopic (exact) mass is 338 g/mol. The molecule has 3 heterocycles. The highest BCUT2D eigenvalue weighted by atomic mass is 19.1. The zero-order valence-corrected chi connectivity index (χ0v) is 13.9. The number of aldehydes is 1. The van der Waals surface area contributed by atoms with Crippen LogP contribution >= 0.6 is 0 Å². The molecule has 0 bridgehead atoms. The largest absolute Gasteiger partial charge is 0.452 e. The van der Waals surface area contributed by atoms with Crippen molar-refractivity contribution in [3.05, 3.63) is 53.8 Å². The van der Waals surface area contributed by atoms with Gasteiger partial charge in [-0.3, -0.25) is 14.7 Å². The van der Waals surface area contributed by atoms with E-state index >= 15 is 0 Å². The Hall–Kier alpha value is -2.53. The van der Waals surface area contributed by atoms with E-state index in [1.54, 1.807) is 18.5 Å². The van der Waals surface area contributed by atoms with Crippen molar-refractivity contribution in [3.63, 3.8) is 0 Å². The fourth-order valence-electron chi connectivity index (χ4n) is 3.48. The van der Waals surface area contributed by atoms with E-state index in [0.29, 0.717) is 28.4 Å². The van der Waals surface area contributed by atoms with Crippen molar-refractivity contribution < 1.29 is 13.6 Å². The predicted molar refractivity (Wildman–Crippen MR) is 93.9 cm³/mol. The zero-order chi connectivity index (χ0) is 17.2. The number of benzene rings is 1. The van der Waals surface area contributed by atoms with E-state index in [-0.39, 0.29) is 11.6 Å². The number of furan rings is 1. The second-order valence-electron chi connectivity index (χ2n) is 6.52. The van der Waals surface area contributed by atoms with Crippen molar-refractivity contribution in [2.75, 3.05) is 13.1 Å². The molecule has 1 saturated heterocycles. The lowest BCUT2D eigenvalue weighted by molar-refractivity contribution is 0.110. The maximum Gasteiger partial charge on any atom is 0.185 e. The smallest absolute Gasteiger partial charge is 0.185 e. The van der Waals surface area contributed by atoms with Gasteiger partial charge in [0.05, 0.1) is 0 Å². The summed E-state index contributed by atoms with van der Waals surface area (Å²) in [6, 6.07) is 6.81. The van der Waals surface area contributed by atoms with Gasteiger partial charge in [-0.1, -0.05) is 12.5 Å². The van der Waals surface area contributed by atoms with Gasteiger partial charge in [0.2, 0.25) is 0 Å². The first-order valence-electron chi connectivity index (χ1n) is 8.58. The Morgan fingerprint density at radius 3 is 2.76 bits per heavy atom. The zero-order valence-electron chi connectivity index (χ0n) is 13.9. The summed E-state index contributed by atoms with van der Waals surface area (Å²) in [5.74, 6) is -0.102. The number of carbonyl (C=O) groups is 1. The van der Waals surface area contributed by atoms with Crippen LogP contribution in [-0.4, -0.2) is 29.3 Å². The molecule has 0 N–H and O–H groups in total. The first-order chi connectivity index (χ1) is 12.2. The fourth-order valence-corrected chi connectivity index (χ4v) is 3.48. The first-order valence-corrected chi connectivity index (χ1v) is 8.58. The van der Waals surface area contributed by atoms with Crippen molar-refractivity contribution in [1.29, 1.82) is 0 Å². The Morgan fingerprint density at radius 1 is 1.12 bits per heavy atom. The summed E-state index contributed by atoms with van der Waals surface area (Å²) in [6.07, 6.45) is 7.58. The molecule has 0 spiro atoms. The molecule has 5 heteroatoms. The molecule has 0 radical (unpaired) electrons. The van der Waals surface area contributed by atoms with Crippen LogP contribution in [0.2, 0.25) is 0 Å². The Morgan fingerprint density at radius 2 is 1.96 bits per heavy atom. The maximum absolute atomic E-state index is 14.5. The van der Waals surface area contributed by atoms with Crippen molar-refractivity contribution in [2.45, 2.75) is 25.8 Å². The molecule has 1 aromatic carbocycles. The standard InChI is InChI=1S/C20H19FN2O2/c21-19-5-4-14(12-23-6-2-1-3-7-23)8-17(19)18-11-22-10-15-9-16(13-24)25-20(15)18/h4-5,8-11,13H,1-3,6-7,12H2. The first kappa shape index (κ1) is 16.0. The van der Waals surface area contributed by atoms with Crippen LogP contribution in [0, 0.1) is 5.82 Å². The second-order valence-corrected chi connectivity index (χ2v) is 6.52. The molecule has 0 amide bonds. The molecule has 25 heavy (non-hydrogen) atoms. The molecule has 128 valence electrons. The number of halogens is 1. The van der Waals surface area contributed by atoms with Gasteiger partial charge in [-0.25, -0.2) is 4.39 Å². The number of hydrogen-bond donors (Lipinski definition) is 0. The van der Waals surface area contributed by atoms with Gasteiger partial charge in [-0.15, -0.1) is 0 Å². The SMILES string of the molecule is O=Cc1cc2cncc(-c3cc(CN4CCCCC4)ccc3F)c2o1. The molecule has 4 nitrogen and oxygen atoms in total. The van der Waals surface area contributed by atoms with Gasteiger partial charge in [0.1, 0.15) is 11.4 Å². The summed E-state index contributed by atoms with van der Waals surface area (Å²) in [5.41, 5.74) is 2.59. The lowest BCUT2D eigenvalue weighted by atomic mass is 10.0. The van der Waals surface area contributed by atoms with Gasteiger partial charge >= 0.3 is 0 Å². The molecule has 0 unspecified atom stereocenters. The van der Waals surface area contributed by atoms with E-state index in [0.717, 1.165) is 25.2 Å². The summed E-state index contributed by atoms with van der Waals surface area (Å²) in [5, 5.41) is 0.695. The van der Waals surface area contributed by atoms with E-state index in [1.807, 2.05) is 12.1 Å². The van der Waals surface area contributed by atoms with Gasteiger partial charge in [0, 0.05) is 35.5 Å². The minimum Gasteiger partial charge on any atom is -0.452 e. The van der Waals surface area contributed by atoms with E-state index in [2.05, 4.69) is 9.88 Å². The highest BCUT2D eigenvalue weighted by molar-refractivity contribution is 5.94. The number of pyridine rings is 1. The fraction of sp³-hybridized carbons (Fsp3) is 0.300. The molecule has 4 rings (SSSR count). The van der Waals surface area contributed by atoms with Gasteiger partial charge < -0.3 is 4.42 Å². The molecule has 1 fully saturated rings. The van der Waals surface area contributed by atoms with Gasteiger partial charge in [0.15, 0.2) is 12.0 Å². The lowest BCUT2D eigenvalue weighted by Gasteiger charge is -2.26. The van der Waals surface area contributed by atoms with Gasteiger partial charge in [-0.2, -0.15) is 0 Å². The number of hydrogen-bond acceptors (Lipinski definition) is 4. The van der Waals surface area contributed by atoms with Gasteiger partial charge in [-0.05, 0) is 49.7 Å². The van der Waals surface area contributed by atoms with E-state index in [9.17, 15) is 9.18 Å². The van der Waals surface area contributed by atoms with Crippen LogP contribution in [0.3, 0.4) is 0 Å². The summed E-state index contributed by atoms with van der Waals surface area (Å²) in [6.45, 7) is 2.99. The molecule has 0 atom stereocenters. The summed E-state index contributed by atoms with van der Waals surface area (Å²) >= 11 is 0. The number of rotatable bonds is 4. The normalized spacial score (nSPS) is 15.6. The molecular formula is C20H19FN2O2. The third-order valence-corrected chi connectivity index (χ3v) is 4.73. The summed E-state index contributed by atoms with van der Waals surface area (Å²) < 4.78 is 20.1. The van der Waals surface area contributed by atoms with E-state index in [1.165, 1.54) is 25.3 Å². The molecule has 0 saturated carbocycles. The second kappa shape index (κ2) is 6.76. The minimum absolute atomic E-state index is 0.217. The maximum atomic E-state index is 14.5. The minimum atomic E-state index is -0.319. The number of fused-ring (bicyclic) bond motifs is 1. The Labute approximate surface area is 145 Å². The van der Waals surface area contributed by atoms with Crippen LogP contribution in [0.15, 0.2) is 41.1 Å². The molecule has 3 aromatic rings. The van der Waals surface area contributed by atoms with Crippen molar-refractivity contribution in [3.8, 4) is 11.1 Å². The molecular weight excluding hydrogens is 319 g/mol. The van der Waals surface area contributed by atoms with Crippen molar-refractivity contribution in [2.24, 2.45) is 0 Å². The number of likely N-dealkylation sites (tertiary alicyclic amines) is 1. The quantitative estimate of drug-likeness (QED) is 0.660. The van der Waals surface area contributed by atoms with Crippen LogP contribution in [-0.2, 0) is 6.54 Å². The Balaban J connectivity index is 1.73. The van der Waals surface area contributed by atoms with Crippen molar-refractivity contribution >= 4 is 17.3 Å². The van der Waals surface area contributed by atoms with E-state index < -0.39 is 0 Å². The lowest BCUT2D eigenvalue weighted by Crippen LogP contribution is -2.29. The van der Waals surface area contributed by atoms with E-state index in [4.69, 9.17) is 4.42 Å². The number of nitrogens with zero attached hydrogens (tertiary/aromatic N) is 2. The topological polar surface area (TPSA) is 46.3 Å². The van der Waals surface area contributed by atoms with Crippen LogP contribution in [0.5, 0.6) is 0 Å². The summed E-state index contributed by atoms with van der Waals surface area (Å²) in [7, 11) is 0. The molecule has 2 aromatic heterocycles. The number of piperidine rings is 1. The van der Waals surface area contributed by atoms with Gasteiger partial charge in [0.25, 0.3) is 0 Å². The van der Waals surface area contributed by atoms with Crippen molar-refractivity contribution in [1.82, 2.24) is 9.88 Å². The van der Waals surface area contributed by atoms with Crippen LogP contribution in [0.4, 0.5) is 4.39 Å². The number of aromatic nitrogens is 1. The third-order valence-electron chi connectivity index (χ3n) is 4.73. The van der Waals surface area contributed by atoms with Crippen LogP contribution < -0.4 is 0 Å². The Bertz CT molecular complexity index is 913. The Kier molecular flexibility index (Phi) is 4.32. The summed E-state index contributed by atoms with van der Waals surface area (Å²) in [4.78, 5) is 17.5. The molecule has 1 aliphatic rings. The molecule has 1 aliphatic heterocycles. The third kappa shape index (κ3) is 3.20. The van der Waals surface area contributed by atoms with Crippen LogP contribution in [0.1, 0.15) is 35.4 Å². The number of carbonyl (C=O) groups excluding carboxylic acids is 1. The average molecular weight is 338 g/mol. The average Bonchev–Trinajstić information content (AvgIpc) is 3.08. The molecule has 0 aliphatic carbocycles.